The summed E-state index contributed by atoms with van der Waals surface area (Å²) >= 11 is 0. The summed E-state index contributed by atoms with van der Waals surface area (Å²) in [6.45, 7) is 7.27. The number of benzene rings is 1. The zero-order valence-corrected chi connectivity index (χ0v) is 13.5. The first-order chi connectivity index (χ1) is 11.0. The molecular formula is C17H18N4O2. The van der Waals surface area contributed by atoms with Crippen molar-refractivity contribution in [1.29, 1.82) is 0 Å². The van der Waals surface area contributed by atoms with Crippen LogP contribution in [0.2, 0.25) is 0 Å². The van der Waals surface area contributed by atoms with Gasteiger partial charge in [-0.05, 0) is 39.8 Å². The number of nitrogens with one attached hydrogen (secondary N) is 1. The highest BCUT2D eigenvalue weighted by Gasteiger charge is 2.21. The Morgan fingerprint density at radius 2 is 1.78 bits per heavy atom. The van der Waals surface area contributed by atoms with Crippen LogP contribution in [-0.2, 0) is 0 Å². The van der Waals surface area contributed by atoms with Crippen molar-refractivity contribution in [1.82, 2.24) is 14.9 Å². The predicted molar refractivity (Wildman–Crippen MR) is 87.0 cm³/mol. The molecule has 0 saturated heterocycles. The SMILES string of the molecule is Cc1nn(-c2ccccc2)c(C)c1NC(=O)c1c(C)noc1C. The maximum absolute atomic E-state index is 12.5. The van der Waals surface area contributed by atoms with Gasteiger partial charge < -0.3 is 9.84 Å². The van der Waals surface area contributed by atoms with Crippen LogP contribution in [0, 0.1) is 27.7 Å². The molecule has 1 amide bonds. The largest absolute Gasteiger partial charge is 0.361 e. The molecule has 0 bridgehead atoms. The molecular weight excluding hydrogens is 292 g/mol. The normalized spacial score (nSPS) is 10.8. The van der Waals surface area contributed by atoms with E-state index in [4.69, 9.17) is 4.52 Å². The smallest absolute Gasteiger partial charge is 0.261 e. The molecule has 0 aliphatic rings. The Kier molecular flexibility index (Phi) is 3.73. The molecule has 1 N–H and O–H groups in total. The highest BCUT2D eigenvalue weighted by atomic mass is 16.5. The van der Waals surface area contributed by atoms with Gasteiger partial charge >= 0.3 is 0 Å². The van der Waals surface area contributed by atoms with Crippen molar-refractivity contribution in [2.75, 3.05) is 5.32 Å². The Balaban J connectivity index is 1.96. The van der Waals surface area contributed by atoms with Gasteiger partial charge in [0.1, 0.15) is 11.3 Å². The van der Waals surface area contributed by atoms with Crippen LogP contribution in [0.15, 0.2) is 34.9 Å². The minimum atomic E-state index is -0.236. The molecule has 3 aromatic rings. The average Bonchev–Trinajstić information content (AvgIpc) is 3.01. The number of aryl methyl sites for hydroxylation is 3. The van der Waals surface area contributed by atoms with E-state index >= 15 is 0 Å². The number of carbonyl (C=O) groups is 1. The molecule has 6 heteroatoms. The zero-order valence-electron chi connectivity index (χ0n) is 13.5. The molecule has 2 heterocycles. The van der Waals surface area contributed by atoms with Crippen LogP contribution < -0.4 is 5.32 Å². The summed E-state index contributed by atoms with van der Waals surface area (Å²) in [5.41, 5.74) is 4.33. The van der Waals surface area contributed by atoms with Gasteiger partial charge in [-0.15, -0.1) is 0 Å². The second-order valence-corrected chi connectivity index (χ2v) is 5.45. The molecule has 23 heavy (non-hydrogen) atoms. The van der Waals surface area contributed by atoms with Crippen LogP contribution in [0.1, 0.15) is 33.2 Å². The second kappa shape index (κ2) is 5.72. The quantitative estimate of drug-likeness (QED) is 0.805. The Bertz CT molecular complexity index is 843. The van der Waals surface area contributed by atoms with Crippen LogP contribution in [0.4, 0.5) is 5.69 Å². The molecule has 118 valence electrons. The van der Waals surface area contributed by atoms with Crippen LogP contribution in [-0.4, -0.2) is 20.8 Å². The Labute approximate surface area is 134 Å². The number of aromatic nitrogens is 3. The zero-order chi connectivity index (χ0) is 16.6. The molecule has 0 saturated carbocycles. The van der Waals surface area contributed by atoms with Gasteiger partial charge in [0, 0.05) is 0 Å². The second-order valence-electron chi connectivity index (χ2n) is 5.45. The van der Waals surface area contributed by atoms with Gasteiger partial charge in [0.25, 0.3) is 5.91 Å². The molecule has 3 rings (SSSR count). The van der Waals surface area contributed by atoms with Crippen molar-refractivity contribution in [2.24, 2.45) is 0 Å². The van der Waals surface area contributed by atoms with E-state index in [0.29, 0.717) is 22.7 Å². The standard InChI is InChI=1S/C17H18N4O2/c1-10-15(13(4)23-20-10)17(22)18-16-11(2)19-21(12(16)3)14-8-6-5-7-9-14/h5-9H,1-4H3,(H,18,22). The highest BCUT2D eigenvalue weighted by molar-refractivity contribution is 6.06. The number of anilines is 1. The summed E-state index contributed by atoms with van der Waals surface area (Å²) in [6.07, 6.45) is 0. The third-order valence-corrected chi connectivity index (χ3v) is 3.79. The molecule has 6 nitrogen and oxygen atoms in total. The molecule has 0 unspecified atom stereocenters. The average molecular weight is 310 g/mol. The van der Waals surface area contributed by atoms with Crippen molar-refractivity contribution in [3.8, 4) is 5.69 Å². The van der Waals surface area contributed by atoms with Crippen LogP contribution in [0.5, 0.6) is 0 Å². The van der Waals surface area contributed by atoms with E-state index in [9.17, 15) is 4.79 Å². The van der Waals surface area contributed by atoms with Crippen molar-refractivity contribution < 1.29 is 9.32 Å². The summed E-state index contributed by atoms with van der Waals surface area (Å²) in [6, 6.07) is 9.80. The lowest BCUT2D eigenvalue weighted by Gasteiger charge is -2.07. The van der Waals surface area contributed by atoms with E-state index in [1.807, 2.05) is 48.9 Å². The lowest BCUT2D eigenvalue weighted by Crippen LogP contribution is -2.14. The Morgan fingerprint density at radius 1 is 1.09 bits per heavy atom. The van der Waals surface area contributed by atoms with Crippen molar-refractivity contribution in [3.05, 3.63) is 58.7 Å². The van der Waals surface area contributed by atoms with Gasteiger partial charge in [0.2, 0.25) is 0 Å². The third-order valence-electron chi connectivity index (χ3n) is 3.79. The fourth-order valence-corrected chi connectivity index (χ4v) is 2.63. The van der Waals surface area contributed by atoms with E-state index in [-0.39, 0.29) is 5.91 Å². The number of amides is 1. The Morgan fingerprint density at radius 3 is 2.39 bits per heavy atom. The van der Waals surface area contributed by atoms with Gasteiger partial charge in [0.05, 0.1) is 28.5 Å². The van der Waals surface area contributed by atoms with Gasteiger partial charge in [-0.3, -0.25) is 4.79 Å². The maximum atomic E-state index is 12.5. The summed E-state index contributed by atoms with van der Waals surface area (Å²) in [5.74, 6) is 0.269. The topological polar surface area (TPSA) is 73.0 Å². The van der Waals surface area contributed by atoms with Gasteiger partial charge in [-0.2, -0.15) is 5.10 Å². The molecule has 0 atom stereocenters. The molecule has 0 radical (unpaired) electrons. The minimum Gasteiger partial charge on any atom is -0.361 e. The van der Waals surface area contributed by atoms with Gasteiger partial charge in [-0.1, -0.05) is 23.4 Å². The molecule has 0 aliphatic carbocycles. The lowest BCUT2D eigenvalue weighted by molar-refractivity contribution is 0.102. The van der Waals surface area contributed by atoms with E-state index in [1.165, 1.54) is 0 Å². The number of rotatable bonds is 3. The van der Waals surface area contributed by atoms with Crippen molar-refractivity contribution >= 4 is 11.6 Å². The fraction of sp³-hybridized carbons (Fsp3) is 0.235. The third kappa shape index (κ3) is 2.63. The summed E-state index contributed by atoms with van der Waals surface area (Å²) in [4.78, 5) is 12.5. The number of para-hydroxylation sites is 1. The van der Waals surface area contributed by atoms with Crippen molar-refractivity contribution in [3.63, 3.8) is 0 Å². The fourth-order valence-electron chi connectivity index (χ4n) is 2.63. The first-order valence-corrected chi connectivity index (χ1v) is 7.35. The van der Waals surface area contributed by atoms with Gasteiger partial charge in [0.15, 0.2) is 0 Å². The first kappa shape index (κ1) is 15.0. The number of nitrogens with zero attached hydrogens (tertiary/aromatic N) is 3. The first-order valence-electron chi connectivity index (χ1n) is 7.35. The van der Waals surface area contributed by atoms with Crippen LogP contribution in [0.3, 0.4) is 0 Å². The van der Waals surface area contributed by atoms with E-state index < -0.39 is 0 Å². The molecule has 0 fully saturated rings. The Hall–Kier alpha value is -2.89. The van der Waals surface area contributed by atoms with Gasteiger partial charge in [-0.25, -0.2) is 4.68 Å². The number of hydrogen-bond acceptors (Lipinski definition) is 4. The number of hydrogen-bond donors (Lipinski definition) is 1. The van der Waals surface area contributed by atoms with Crippen molar-refractivity contribution in [2.45, 2.75) is 27.7 Å². The summed E-state index contributed by atoms with van der Waals surface area (Å²) in [5, 5.41) is 11.3. The molecule has 1 aromatic carbocycles. The van der Waals surface area contributed by atoms with E-state index in [1.54, 1.807) is 13.8 Å². The molecule has 0 spiro atoms. The van der Waals surface area contributed by atoms with E-state index in [2.05, 4.69) is 15.6 Å². The summed E-state index contributed by atoms with van der Waals surface area (Å²) in [7, 11) is 0. The van der Waals surface area contributed by atoms with Crippen LogP contribution >= 0.6 is 0 Å². The van der Waals surface area contributed by atoms with E-state index in [0.717, 1.165) is 17.1 Å². The summed E-state index contributed by atoms with van der Waals surface area (Å²) < 4.78 is 6.88. The monoisotopic (exact) mass is 310 g/mol. The lowest BCUT2D eigenvalue weighted by atomic mass is 10.2. The van der Waals surface area contributed by atoms with Crippen LogP contribution in [0.25, 0.3) is 5.69 Å². The predicted octanol–water partition coefficient (Wildman–Crippen LogP) is 3.35. The molecule has 0 aliphatic heterocycles. The number of carbonyl (C=O) groups excluding carboxylic acids is 1. The highest BCUT2D eigenvalue weighted by Crippen LogP contribution is 2.24. The maximum Gasteiger partial charge on any atom is 0.261 e. The minimum absolute atomic E-state index is 0.236. The molecule has 2 aromatic heterocycles.